The standard InChI is InChI=1S/C15H12BrN3O/c1-2-14(20)11-5-3-4-10(6-11)12-7-13(16)15-17-9-18-19(15)8-12/h3-9H,2H2,1H3. The maximum Gasteiger partial charge on any atom is 0.169 e. The SMILES string of the molecule is CCC(=O)c1cccc(-c2cc(Br)c3ncnn3c2)c1. The molecule has 0 aliphatic heterocycles. The summed E-state index contributed by atoms with van der Waals surface area (Å²) in [5.41, 5.74) is 3.48. The van der Waals surface area contributed by atoms with Crippen molar-refractivity contribution in [3.63, 3.8) is 0 Å². The summed E-state index contributed by atoms with van der Waals surface area (Å²) in [6.45, 7) is 1.87. The summed E-state index contributed by atoms with van der Waals surface area (Å²) in [5, 5.41) is 4.15. The molecule has 20 heavy (non-hydrogen) atoms. The van der Waals surface area contributed by atoms with Crippen LogP contribution in [0.3, 0.4) is 0 Å². The first-order chi connectivity index (χ1) is 9.69. The molecule has 4 nitrogen and oxygen atoms in total. The maximum absolute atomic E-state index is 11.8. The fourth-order valence-electron chi connectivity index (χ4n) is 2.12. The minimum atomic E-state index is 0.146. The lowest BCUT2D eigenvalue weighted by Gasteiger charge is -2.06. The van der Waals surface area contributed by atoms with Crippen molar-refractivity contribution in [2.24, 2.45) is 0 Å². The van der Waals surface area contributed by atoms with E-state index in [2.05, 4.69) is 26.0 Å². The monoisotopic (exact) mass is 329 g/mol. The molecule has 0 fully saturated rings. The number of pyridine rings is 1. The quantitative estimate of drug-likeness (QED) is 0.687. The van der Waals surface area contributed by atoms with Crippen molar-refractivity contribution < 1.29 is 4.79 Å². The van der Waals surface area contributed by atoms with E-state index in [9.17, 15) is 4.79 Å². The van der Waals surface area contributed by atoms with Crippen molar-refractivity contribution in [2.75, 3.05) is 0 Å². The van der Waals surface area contributed by atoms with E-state index >= 15 is 0 Å². The van der Waals surface area contributed by atoms with E-state index in [1.165, 1.54) is 6.33 Å². The molecule has 3 rings (SSSR count). The zero-order valence-electron chi connectivity index (χ0n) is 10.9. The van der Waals surface area contributed by atoms with E-state index in [1.807, 2.05) is 43.5 Å². The minimum Gasteiger partial charge on any atom is -0.294 e. The van der Waals surface area contributed by atoms with Crippen LogP contribution in [0.5, 0.6) is 0 Å². The van der Waals surface area contributed by atoms with Gasteiger partial charge in [0.1, 0.15) is 6.33 Å². The second-order valence-electron chi connectivity index (χ2n) is 4.46. The number of hydrogen-bond acceptors (Lipinski definition) is 3. The fourth-order valence-corrected chi connectivity index (χ4v) is 2.65. The lowest BCUT2D eigenvalue weighted by atomic mass is 10.0. The first-order valence-electron chi connectivity index (χ1n) is 6.31. The van der Waals surface area contributed by atoms with E-state index in [0.29, 0.717) is 6.42 Å². The third kappa shape index (κ3) is 2.25. The molecule has 5 heteroatoms. The highest BCUT2D eigenvalue weighted by Crippen LogP contribution is 2.26. The van der Waals surface area contributed by atoms with Gasteiger partial charge in [-0.15, -0.1) is 0 Å². The molecule has 0 atom stereocenters. The molecular formula is C15H12BrN3O. The summed E-state index contributed by atoms with van der Waals surface area (Å²) in [6, 6.07) is 9.63. The number of aromatic nitrogens is 3. The van der Waals surface area contributed by atoms with Crippen LogP contribution < -0.4 is 0 Å². The number of halogens is 1. The van der Waals surface area contributed by atoms with Crippen LogP contribution in [0.1, 0.15) is 23.7 Å². The van der Waals surface area contributed by atoms with Crippen LogP contribution in [-0.2, 0) is 0 Å². The molecule has 0 bridgehead atoms. The zero-order valence-corrected chi connectivity index (χ0v) is 12.5. The van der Waals surface area contributed by atoms with Crippen molar-refractivity contribution >= 4 is 27.4 Å². The highest BCUT2D eigenvalue weighted by Gasteiger charge is 2.08. The summed E-state index contributed by atoms with van der Waals surface area (Å²) in [7, 11) is 0. The molecule has 0 saturated heterocycles. The van der Waals surface area contributed by atoms with Crippen molar-refractivity contribution in [1.82, 2.24) is 14.6 Å². The average Bonchev–Trinajstić information content (AvgIpc) is 2.95. The van der Waals surface area contributed by atoms with Crippen LogP contribution in [0.15, 0.2) is 47.3 Å². The molecule has 2 heterocycles. The molecule has 0 spiro atoms. The summed E-state index contributed by atoms with van der Waals surface area (Å²) >= 11 is 3.50. The Hall–Kier alpha value is -2.01. The van der Waals surface area contributed by atoms with Gasteiger partial charge in [0.25, 0.3) is 0 Å². The Morgan fingerprint density at radius 1 is 1.30 bits per heavy atom. The van der Waals surface area contributed by atoms with Gasteiger partial charge >= 0.3 is 0 Å². The normalized spacial score (nSPS) is 10.9. The van der Waals surface area contributed by atoms with Crippen molar-refractivity contribution in [3.05, 3.63) is 52.9 Å². The van der Waals surface area contributed by atoms with Gasteiger partial charge in [-0.1, -0.05) is 25.1 Å². The Balaban J connectivity index is 2.13. The maximum atomic E-state index is 11.8. The van der Waals surface area contributed by atoms with Gasteiger partial charge in [-0.2, -0.15) is 5.10 Å². The van der Waals surface area contributed by atoms with E-state index in [-0.39, 0.29) is 5.78 Å². The molecule has 0 aliphatic rings. The lowest BCUT2D eigenvalue weighted by Crippen LogP contribution is -1.97. The van der Waals surface area contributed by atoms with Crippen LogP contribution >= 0.6 is 15.9 Å². The van der Waals surface area contributed by atoms with Gasteiger partial charge in [0.05, 0.1) is 4.47 Å². The van der Waals surface area contributed by atoms with Crippen LogP contribution in [-0.4, -0.2) is 20.4 Å². The first kappa shape index (κ1) is 13.0. The number of rotatable bonds is 3. The smallest absolute Gasteiger partial charge is 0.169 e. The van der Waals surface area contributed by atoms with E-state index in [1.54, 1.807) is 4.52 Å². The van der Waals surface area contributed by atoms with E-state index in [4.69, 9.17) is 0 Å². The second kappa shape index (κ2) is 5.17. The Labute approximate surface area is 124 Å². The van der Waals surface area contributed by atoms with Gasteiger partial charge in [0, 0.05) is 23.7 Å². The summed E-state index contributed by atoms with van der Waals surface area (Å²) < 4.78 is 2.59. The lowest BCUT2D eigenvalue weighted by molar-refractivity contribution is 0.0988. The van der Waals surface area contributed by atoms with Gasteiger partial charge in [0.2, 0.25) is 0 Å². The highest BCUT2D eigenvalue weighted by atomic mass is 79.9. The van der Waals surface area contributed by atoms with Crippen molar-refractivity contribution in [2.45, 2.75) is 13.3 Å². The summed E-state index contributed by atoms with van der Waals surface area (Å²) in [5.74, 6) is 0.146. The molecule has 100 valence electrons. The molecule has 0 amide bonds. The Morgan fingerprint density at radius 3 is 2.95 bits per heavy atom. The van der Waals surface area contributed by atoms with Crippen molar-refractivity contribution in [1.29, 1.82) is 0 Å². The zero-order chi connectivity index (χ0) is 14.1. The number of nitrogens with zero attached hydrogens (tertiary/aromatic N) is 3. The molecule has 0 radical (unpaired) electrons. The van der Waals surface area contributed by atoms with Gasteiger partial charge in [0.15, 0.2) is 11.4 Å². The fraction of sp³-hybridized carbons (Fsp3) is 0.133. The van der Waals surface area contributed by atoms with Gasteiger partial charge in [-0.3, -0.25) is 4.79 Å². The minimum absolute atomic E-state index is 0.146. The second-order valence-corrected chi connectivity index (χ2v) is 5.32. The van der Waals surface area contributed by atoms with Gasteiger partial charge in [-0.05, 0) is 33.6 Å². The number of benzene rings is 1. The van der Waals surface area contributed by atoms with Crippen LogP contribution in [0, 0.1) is 0 Å². The third-order valence-electron chi connectivity index (χ3n) is 3.17. The number of ketones is 1. The van der Waals surface area contributed by atoms with Crippen molar-refractivity contribution in [3.8, 4) is 11.1 Å². The molecule has 0 aliphatic carbocycles. The van der Waals surface area contributed by atoms with Crippen LogP contribution in [0.4, 0.5) is 0 Å². The molecule has 0 unspecified atom stereocenters. The molecule has 3 aromatic rings. The Morgan fingerprint density at radius 2 is 2.15 bits per heavy atom. The largest absolute Gasteiger partial charge is 0.294 e. The summed E-state index contributed by atoms with van der Waals surface area (Å²) in [4.78, 5) is 16.0. The highest BCUT2D eigenvalue weighted by molar-refractivity contribution is 9.10. The Kier molecular flexibility index (Phi) is 3.36. The number of carbonyl (C=O) groups is 1. The Bertz CT molecular complexity index is 795. The number of fused-ring (bicyclic) bond motifs is 1. The van der Waals surface area contributed by atoms with Gasteiger partial charge in [-0.25, -0.2) is 9.50 Å². The number of hydrogen-bond donors (Lipinski definition) is 0. The van der Waals surface area contributed by atoms with Crippen LogP contribution in [0.2, 0.25) is 0 Å². The predicted octanol–water partition coefficient (Wildman–Crippen LogP) is 3.75. The molecule has 1 aromatic carbocycles. The first-order valence-corrected chi connectivity index (χ1v) is 7.11. The number of carbonyl (C=O) groups excluding carboxylic acids is 1. The topological polar surface area (TPSA) is 47.3 Å². The number of Topliss-reactive ketones (excluding diaryl/α,β-unsaturated/α-hetero) is 1. The average molecular weight is 330 g/mol. The molecule has 0 N–H and O–H groups in total. The van der Waals surface area contributed by atoms with Crippen LogP contribution in [0.25, 0.3) is 16.8 Å². The molecular weight excluding hydrogens is 318 g/mol. The predicted molar refractivity (Wildman–Crippen MR) is 80.7 cm³/mol. The molecule has 2 aromatic heterocycles. The third-order valence-corrected chi connectivity index (χ3v) is 3.75. The van der Waals surface area contributed by atoms with Gasteiger partial charge < -0.3 is 0 Å². The van der Waals surface area contributed by atoms with E-state index in [0.717, 1.165) is 26.8 Å². The van der Waals surface area contributed by atoms with E-state index < -0.39 is 0 Å². The molecule has 0 saturated carbocycles. The summed E-state index contributed by atoms with van der Waals surface area (Å²) in [6.07, 6.45) is 3.93.